The largest absolute Gasteiger partial charge is 0.455 e. The van der Waals surface area contributed by atoms with Crippen molar-refractivity contribution >= 4 is 0 Å². The van der Waals surface area contributed by atoms with E-state index in [-0.39, 0.29) is 0 Å². The van der Waals surface area contributed by atoms with Crippen LogP contribution in [0.25, 0.3) is 11.7 Å². The molecule has 17 heavy (non-hydrogen) atoms. The minimum absolute atomic E-state index is 0.324. The van der Waals surface area contributed by atoms with E-state index in [0.717, 1.165) is 0 Å². The van der Waals surface area contributed by atoms with Gasteiger partial charge in [-0.15, -0.1) is 0 Å². The van der Waals surface area contributed by atoms with Crippen LogP contribution in [-0.2, 0) is 16.9 Å². The smallest absolute Gasteiger partial charge is 0.293 e. The van der Waals surface area contributed by atoms with Gasteiger partial charge in [-0.2, -0.15) is 4.98 Å². The monoisotopic (exact) mass is 237 g/mol. The first-order valence-electron chi connectivity index (χ1n) is 5.25. The second kappa shape index (κ2) is 4.31. The number of nitrogens with two attached hydrogens (primary N) is 1. The first-order valence-corrected chi connectivity index (χ1v) is 5.25. The lowest BCUT2D eigenvalue weighted by Crippen LogP contribution is -2.21. The summed E-state index contributed by atoms with van der Waals surface area (Å²) in [6, 6.07) is 3.53. The Hall–Kier alpha value is -1.66. The molecule has 2 aromatic heterocycles. The van der Waals surface area contributed by atoms with Crippen LogP contribution in [0.1, 0.15) is 25.4 Å². The van der Waals surface area contributed by atoms with Gasteiger partial charge in [0.15, 0.2) is 5.76 Å². The lowest BCUT2D eigenvalue weighted by Gasteiger charge is -2.17. The fourth-order valence-corrected chi connectivity index (χ4v) is 1.26. The van der Waals surface area contributed by atoms with Gasteiger partial charge < -0.3 is 19.4 Å². The number of methoxy groups -OCH3 is 1. The third-order valence-electron chi connectivity index (χ3n) is 2.55. The maximum Gasteiger partial charge on any atom is 0.293 e. The number of ether oxygens (including phenoxy) is 1. The lowest BCUT2D eigenvalue weighted by atomic mass is 10.1. The van der Waals surface area contributed by atoms with Gasteiger partial charge in [-0.3, -0.25) is 0 Å². The highest BCUT2D eigenvalue weighted by Gasteiger charge is 2.27. The van der Waals surface area contributed by atoms with E-state index < -0.39 is 5.60 Å². The van der Waals surface area contributed by atoms with Crippen LogP contribution in [0.5, 0.6) is 0 Å². The molecule has 0 unspecified atom stereocenters. The fourth-order valence-electron chi connectivity index (χ4n) is 1.26. The van der Waals surface area contributed by atoms with E-state index in [1.54, 1.807) is 19.2 Å². The third kappa shape index (κ3) is 2.22. The van der Waals surface area contributed by atoms with Crippen molar-refractivity contribution in [2.45, 2.75) is 26.0 Å². The molecule has 0 saturated heterocycles. The molecular formula is C11H15N3O3. The van der Waals surface area contributed by atoms with Crippen LogP contribution in [0.2, 0.25) is 0 Å². The number of rotatable bonds is 4. The highest BCUT2D eigenvalue weighted by atomic mass is 16.5. The molecule has 0 saturated carbocycles. The molecule has 6 nitrogen and oxygen atoms in total. The highest BCUT2D eigenvalue weighted by molar-refractivity contribution is 5.44. The molecule has 2 aromatic rings. The quantitative estimate of drug-likeness (QED) is 0.870. The van der Waals surface area contributed by atoms with E-state index in [4.69, 9.17) is 19.4 Å². The average molecular weight is 237 g/mol. The number of aromatic nitrogens is 2. The summed E-state index contributed by atoms with van der Waals surface area (Å²) in [4.78, 5) is 4.23. The summed E-state index contributed by atoms with van der Waals surface area (Å²) in [5.74, 6) is 1.98. The van der Waals surface area contributed by atoms with Crippen LogP contribution in [0.15, 0.2) is 21.1 Å². The molecule has 2 heterocycles. The Kier molecular flexibility index (Phi) is 2.99. The molecule has 0 aliphatic heterocycles. The third-order valence-corrected chi connectivity index (χ3v) is 2.55. The zero-order valence-electron chi connectivity index (χ0n) is 10.1. The predicted octanol–water partition coefficient (Wildman–Crippen LogP) is 1.67. The fraction of sp³-hybridized carbons (Fsp3) is 0.455. The van der Waals surface area contributed by atoms with Gasteiger partial charge in [0.05, 0.1) is 6.54 Å². The van der Waals surface area contributed by atoms with E-state index in [9.17, 15) is 0 Å². The summed E-state index contributed by atoms with van der Waals surface area (Å²) in [6.45, 7) is 4.05. The van der Waals surface area contributed by atoms with Crippen molar-refractivity contribution in [2.75, 3.05) is 7.11 Å². The molecule has 0 fully saturated rings. The first kappa shape index (κ1) is 11.8. The minimum Gasteiger partial charge on any atom is -0.455 e. The average Bonchev–Trinajstić information content (AvgIpc) is 2.97. The van der Waals surface area contributed by atoms with Crippen LogP contribution in [0.3, 0.4) is 0 Å². The number of hydrogen-bond donors (Lipinski definition) is 1. The number of nitrogens with zero attached hydrogens (tertiary/aromatic N) is 2. The molecule has 0 radical (unpaired) electrons. The van der Waals surface area contributed by atoms with Crippen molar-refractivity contribution in [2.24, 2.45) is 5.73 Å². The zero-order valence-corrected chi connectivity index (χ0v) is 10.1. The molecular weight excluding hydrogens is 222 g/mol. The Morgan fingerprint density at radius 1 is 1.41 bits per heavy atom. The molecule has 0 bridgehead atoms. The van der Waals surface area contributed by atoms with Gasteiger partial charge in [0.2, 0.25) is 5.82 Å². The Morgan fingerprint density at radius 3 is 2.76 bits per heavy atom. The van der Waals surface area contributed by atoms with Gasteiger partial charge in [-0.25, -0.2) is 0 Å². The van der Waals surface area contributed by atoms with E-state index >= 15 is 0 Å². The second-order valence-electron chi connectivity index (χ2n) is 4.11. The maximum atomic E-state index is 5.46. The molecule has 0 atom stereocenters. The van der Waals surface area contributed by atoms with Crippen LogP contribution >= 0.6 is 0 Å². The maximum absolute atomic E-state index is 5.46. The normalized spacial score (nSPS) is 12.0. The van der Waals surface area contributed by atoms with Gasteiger partial charge in [-0.1, -0.05) is 5.16 Å². The number of furan rings is 1. The Morgan fingerprint density at radius 2 is 2.18 bits per heavy atom. The molecule has 0 aromatic carbocycles. The Labute approximate surface area is 98.7 Å². The Balaban J connectivity index is 2.29. The van der Waals surface area contributed by atoms with Gasteiger partial charge in [0.25, 0.3) is 5.89 Å². The summed E-state index contributed by atoms with van der Waals surface area (Å²) >= 11 is 0. The van der Waals surface area contributed by atoms with E-state index in [1.165, 1.54) is 0 Å². The minimum atomic E-state index is -0.592. The Bertz CT molecular complexity index is 502. The molecule has 6 heteroatoms. The van der Waals surface area contributed by atoms with Crippen LogP contribution in [0.4, 0.5) is 0 Å². The summed E-state index contributed by atoms with van der Waals surface area (Å²) < 4.78 is 15.8. The molecule has 2 rings (SSSR count). The standard InChI is InChI=1S/C11H15N3O3/c1-11(2,15-3)10-13-9(17-14-10)8-5-4-7(6-12)16-8/h4-5H,6,12H2,1-3H3. The topological polar surface area (TPSA) is 87.3 Å². The van der Waals surface area contributed by atoms with Crippen molar-refractivity contribution in [3.05, 3.63) is 23.7 Å². The van der Waals surface area contributed by atoms with Crippen LogP contribution < -0.4 is 5.73 Å². The van der Waals surface area contributed by atoms with Crippen LogP contribution in [0, 0.1) is 0 Å². The van der Waals surface area contributed by atoms with Gasteiger partial charge in [-0.05, 0) is 26.0 Å². The second-order valence-corrected chi connectivity index (χ2v) is 4.11. The predicted molar refractivity (Wildman–Crippen MR) is 59.9 cm³/mol. The van der Waals surface area contributed by atoms with Crippen molar-refractivity contribution in [1.29, 1.82) is 0 Å². The van der Waals surface area contributed by atoms with Gasteiger partial charge in [0, 0.05) is 7.11 Å². The molecule has 0 spiro atoms. The SMILES string of the molecule is COC(C)(C)c1noc(-c2ccc(CN)o2)n1. The summed E-state index contributed by atoms with van der Waals surface area (Å²) in [5, 5.41) is 3.87. The van der Waals surface area contributed by atoms with Crippen LogP contribution in [-0.4, -0.2) is 17.3 Å². The summed E-state index contributed by atoms with van der Waals surface area (Å²) in [7, 11) is 1.59. The van der Waals surface area contributed by atoms with E-state index in [0.29, 0.717) is 29.8 Å². The van der Waals surface area contributed by atoms with Crippen molar-refractivity contribution in [3.8, 4) is 11.7 Å². The highest BCUT2D eigenvalue weighted by Crippen LogP contribution is 2.25. The zero-order chi connectivity index (χ0) is 12.5. The van der Waals surface area contributed by atoms with Gasteiger partial charge >= 0.3 is 0 Å². The molecule has 0 amide bonds. The van der Waals surface area contributed by atoms with E-state index in [2.05, 4.69) is 10.1 Å². The molecule has 2 N–H and O–H groups in total. The molecule has 0 aliphatic carbocycles. The van der Waals surface area contributed by atoms with Crippen molar-refractivity contribution < 1.29 is 13.7 Å². The van der Waals surface area contributed by atoms with E-state index in [1.807, 2.05) is 13.8 Å². The molecule has 92 valence electrons. The van der Waals surface area contributed by atoms with Crippen molar-refractivity contribution in [1.82, 2.24) is 10.1 Å². The van der Waals surface area contributed by atoms with Crippen molar-refractivity contribution in [3.63, 3.8) is 0 Å². The summed E-state index contributed by atoms with van der Waals surface area (Å²) in [5.41, 5.74) is 4.86. The lowest BCUT2D eigenvalue weighted by molar-refractivity contribution is 0.00973. The molecule has 0 aliphatic rings. The van der Waals surface area contributed by atoms with Gasteiger partial charge in [0.1, 0.15) is 11.4 Å². The first-order chi connectivity index (χ1) is 8.06. The number of hydrogen-bond acceptors (Lipinski definition) is 6. The summed E-state index contributed by atoms with van der Waals surface area (Å²) in [6.07, 6.45) is 0.